The molecule has 24 heavy (non-hydrogen) atoms. The van der Waals surface area contributed by atoms with Crippen molar-refractivity contribution in [3.63, 3.8) is 0 Å². The van der Waals surface area contributed by atoms with Crippen molar-refractivity contribution < 1.29 is 22.8 Å². The summed E-state index contributed by atoms with van der Waals surface area (Å²) >= 11 is 1.23. The molecule has 2 aliphatic rings. The van der Waals surface area contributed by atoms with Crippen LogP contribution in [0.3, 0.4) is 0 Å². The lowest BCUT2D eigenvalue weighted by Gasteiger charge is -2.20. The van der Waals surface area contributed by atoms with E-state index in [1.807, 2.05) is 0 Å². The molecular formula is C15H22N2O5S2. The molecule has 2 fully saturated rings. The van der Waals surface area contributed by atoms with Gasteiger partial charge in [0, 0.05) is 17.5 Å². The predicted molar refractivity (Wildman–Crippen MR) is 91.9 cm³/mol. The van der Waals surface area contributed by atoms with E-state index in [0.717, 1.165) is 0 Å². The van der Waals surface area contributed by atoms with Gasteiger partial charge in [0.1, 0.15) is 6.54 Å². The number of carbonyl (C=O) groups excluding carboxylic acids is 3. The molecule has 1 atom stereocenters. The van der Waals surface area contributed by atoms with Gasteiger partial charge in [0.25, 0.3) is 0 Å². The van der Waals surface area contributed by atoms with Crippen LogP contribution in [-0.2, 0) is 24.2 Å². The zero-order chi connectivity index (χ0) is 18.1. The van der Waals surface area contributed by atoms with E-state index < -0.39 is 27.2 Å². The van der Waals surface area contributed by atoms with Crippen LogP contribution in [-0.4, -0.2) is 60.8 Å². The van der Waals surface area contributed by atoms with Crippen LogP contribution >= 0.6 is 11.8 Å². The van der Waals surface area contributed by atoms with Crippen molar-refractivity contribution in [2.45, 2.75) is 33.2 Å². The molecule has 134 valence electrons. The number of amides is 2. The highest BCUT2D eigenvalue weighted by molar-refractivity contribution is 8.04. The number of hydrogen-bond donors (Lipinski definition) is 1. The smallest absolute Gasteiger partial charge is 0.240 e. The SMILES string of the molecule is CC(C)(C)C(=O)/C=C1\SCC(=O)N1CC(=O)N[C@@H]1CCS(=O)(=O)C1. The highest BCUT2D eigenvalue weighted by atomic mass is 32.2. The van der Waals surface area contributed by atoms with Gasteiger partial charge < -0.3 is 5.32 Å². The third kappa shape index (κ3) is 4.83. The van der Waals surface area contributed by atoms with E-state index in [0.29, 0.717) is 11.4 Å². The van der Waals surface area contributed by atoms with Gasteiger partial charge in [-0.3, -0.25) is 19.3 Å². The number of carbonyl (C=O) groups is 3. The van der Waals surface area contributed by atoms with Crippen LogP contribution in [0.25, 0.3) is 0 Å². The Morgan fingerprint density at radius 1 is 1.38 bits per heavy atom. The third-order valence-electron chi connectivity index (χ3n) is 3.80. The fourth-order valence-corrected chi connectivity index (χ4v) is 4.97. The lowest BCUT2D eigenvalue weighted by molar-refractivity contribution is -0.131. The third-order valence-corrected chi connectivity index (χ3v) is 6.60. The molecule has 0 aliphatic carbocycles. The summed E-state index contributed by atoms with van der Waals surface area (Å²) in [5, 5.41) is 3.12. The van der Waals surface area contributed by atoms with Gasteiger partial charge in [-0.05, 0) is 6.42 Å². The molecule has 0 saturated carbocycles. The molecule has 0 spiro atoms. The highest BCUT2D eigenvalue weighted by Gasteiger charge is 2.33. The minimum atomic E-state index is -3.08. The molecule has 0 unspecified atom stereocenters. The maximum Gasteiger partial charge on any atom is 0.240 e. The van der Waals surface area contributed by atoms with Crippen LogP contribution in [0.2, 0.25) is 0 Å². The first-order valence-electron chi connectivity index (χ1n) is 7.67. The van der Waals surface area contributed by atoms with Gasteiger partial charge in [0.15, 0.2) is 15.6 Å². The summed E-state index contributed by atoms with van der Waals surface area (Å²) in [6.07, 6.45) is 1.80. The molecule has 1 N–H and O–H groups in total. The van der Waals surface area contributed by atoms with Gasteiger partial charge in [0.05, 0.1) is 22.3 Å². The topological polar surface area (TPSA) is 101 Å². The van der Waals surface area contributed by atoms with Crippen molar-refractivity contribution in [1.29, 1.82) is 0 Å². The number of rotatable bonds is 4. The Morgan fingerprint density at radius 2 is 2.04 bits per heavy atom. The monoisotopic (exact) mass is 374 g/mol. The van der Waals surface area contributed by atoms with Gasteiger partial charge in [-0.25, -0.2) is 8.42 Å². The molecule has 2 rings (SSSR count). The first-order chi connectivity index (χ1) is 11.0. The predicted octanol–water partition coefficient (Wildman–Crippen LogP) is 0.322. The summed E-state index contributed by atoms with van der Waals surface area (Å²) in [7, 11) is -3.08. The maximum absolute atomic E-state index is 12.1. The van der Waals surface area contributed by atoms with Crippen LogP contribution in [0.15, 0.2) is 11.1 Å². The van der Waals surface area contributed by atoms with Crippen LogP contribution in [0.4, 0.5) is 0 Å². The molecule has 0 aromatic carbocycles. The highest BCUT2D eigenvalue weighted by Crippen LogP contribution is 2.30. The number of allylic oxidation sites excluding steroid dienone is 1. The quantitative estimate of drug-likeness (QED) is 0.712. The average molecular weight is 374 g/mol. The standard InChI is InChI=1S/C15H22N2O5S2/c1-15(2,3)11(18)6-14-17(13(20)8-23-14)7-12(19)16-10-4-5-24(21,22)9-10/h6,10H,4-5,7-9H2,1-3H3,(H,16,19)/b14-6-/t10-/m1/s1. The molecular weight excluding hydrogens is 352 g/mol. The number of sulfone groups is 1. The number of hydrogen-bond acceptors (Lipinski definition) is 6. The van der Waals surface area contributed by atoms with E-state index in [1.54, 1.807) is 20.8 Å². The second-order valence-electron chi connectivity index (χ2n) is 7.03. The van der Waals surface area contributed by atoms with Gasteiger partial charge >= 0.3 is 0 Å². The summed E-state index contributed by atoms with van der Waals surface area (Å²) in [5.41, 5.74) is -0.564. The Balaban J connectivity index is 2.01. The molecule has 2 aliphatic heterocycles. The largest absolute Gasteiger partial charge is 0.351 e. The lowest BCUT2D eigenvalue weighted by Crippen LogP contribution is -2.42. The van der Waals surface area contributed by atoms with Gasteiger partial charge in [-0.15, -0.1) is 0 Å². The van der Waals surface area contributed by atoms with E-state index in [1.165, 1.54) is 22.7 Å². The molecule has 9 heteroatoms. The van der Waals surface area contributed by atoms with E-state index in [9.17, 15) is 22.8 Å². The Bertz CT molecular complexity index is 691. The minimum Gasteiger partial charge on any atom is -0.351 e. The maximum atomic E-state index is 12.1. The zero-order valence-electron chi connectivity index (χ0n) is 14.0. The van der Waals surface area contributed by atoms with Gasteiger partial charge in [-0.1, -0.05) is 32.5 Å². The van der Waals surface area contributed by atoms with Crippen molar-refractivity contribution in [1.82, 2.24) is 10.2 Å². The number of nitrogens with zero attached hydrogens (tertiary/aromatic N) is 1. The summed E-state index contributed by atoms with van der Waals surface area (Å²) in [4.78, 5) is 37.5. The molecule has 0 bridgehead atoms. The second kappa shape index (κ2) is 6.87. The molecule has 2 amide bonds. The van der Waals surface area contributed by atoms with Crippen molar-refractivity contribution >= 4 is 39.2 Å². The molecule has 2 saturated heterocycles. The zero-order valence-corrected chi connectivity index (χ0v) is 15.6. The lowest BCUT2D eigenvalue weighted by atomic mass is 9.91. The molecule has 7 nitrogen and oxygen atoms in total. The Hall–Kier alpha value is -1.35. The van der Waals surface area contributed by atoms with E-state index >= 15 is 0 Å². The number of nitrogens with one attached hydrogen (secondary N) is 1. The second-order valence-corrected chi connectivity index (χ2v) is 10.3. The minimum absolute atomic E-state index is 0.0629. The van der Waals surface area contributed by atoms with Crippen LogP contribution < -0.4 is 5.32 Å². The summed E-state index contributed by atoms with van der Waals surface area (Å²) in [6, 6.07) is -0.406. The fourth-order valence-electron chi connectivity index (χ4n) is 2.35. The van der Waals surface area contributed by atoms with Crippen molar-refractivity contribution in [2.24, 2.45) is 5.41 Å². The average Bonchev–Trinajstić information content (AvgIpc) is 2.93. The number of ketones is 1. The Morgan fingerprint density at radius 3 is 2.58 bits per heavy atom. The fraction of sp³-hybridized carbons (Fsp3) is 0.667. The first-order valence-corrected chi connectivity index (χ1v) is 10.5. The van der Waals surface area contributed by atoms with E-state index in [-0.39, 0.29) is 35.5 Å². The molecule has 2 heterocycles. The van der Waals surface area contributed by atoms with Crippen molar-refractivity contribution in [2.75, 3.05) is 23.8 Å². The Labute approximate surface area is 146 Å². The van der Waals surface area contributed by atoms with E-state index in [2.05, 4.69) is 5.32 Å². The van der Waals surface area contributed by atoms with Crippen LogP contribution in [0.1, 0.15) is 27.2 Å². The first kappa shape index (κ1) is 19.0. The summed E-state index contributed by atoms with van der Waals surface area (Å²) in [5.74, 6) is -0.570. The van der Waals surface area contributed by atoms with Crippen molar-refractivity contribution in [3.8, 4) is 0 Å². The Kier molecular flexibility index (Phi) is 5.44. The van der Waals surface area contributed by atoms with Crippen molar-refractivity contribution in [3.05, 3.63) is 11.1 Å². The van der Waals surface area contributed by atoms with Gasteiger partial charge in [-0.2, -0.15) is 0 Å². The molecule has 0 radical (unpaired) electrons. The summed E-state index contributed by atoms with van der Waals surface area (Å²) in [6.45, 7) is 5.15. The van der Waals surface area contributed by atoms with E-state index in [4.69, 9.17) is 0 Å². The normalized spacial score (nSPS) is 25.3. The molecule has 0 aromatic heterocycles. The van der Waals surface area contributed by atoms with Crippen LogP contribution in [0, 0.1) is 5.41 Å². The molecule has 0 aromatic rings. The summed E-state index contributed by atoms with van der Waals surface area (Å²) < 4.78 is 22.8. The van der Waals surface area contributed by atoms with Crippen LogP contribution in [0.5, 0.6) is 0 Å². The number of thioether (sulfide) groups is 1. The van der Waals surface area contributed by atoms with Gasteiger partial charge in [0.2, 0.25) is 11.8 Å².